The van der Waals surface area contributed by atoms with Gasteiger partial charge in [0.2, 0.25) is 5.91 Å². The van der Waals surface area contributed by atoms with Crippen LogP contribution >= 0.6 is 11.3 Å². The van der Waals surface area contributed by atoms with Gasteiger partial charge >= 0.3 is 0 Å². The molecule has 3 rings (SSSR count). The molecule has 2 atom stereocenters. The van der Waals surface area contributed by atoms with Gasteiger partial charge in [-0.1, -0.05) is 60.2 Å². The molecule has 2 unspecified atom stereocenters. The SMILES string of the molecule is Cc1ccc(-c2nc(C)c(C(C)NC(=O)CC(N)c3ccccc3)s2)cc1. The van der Waals surface area contributed by atoms with E-state index < -0.39 is 0 Å². The van der Waals surface area contributed by atoms with Gasteiger partial charge in [0.05, 0.1) is 16.6 Å². The number of thiazole rings is 1. The zero-order valence-electron chi connectivity index (χ0n) is 15.9. The maximum Gasteiger partial charge on any atom is 0.222 e. The fraction of sp³-hybridized carbons (Fsp3) is 0.273. The third kappa shape index (κ3) is 4.81. The van der Waals surface area contributed by atoms with Gasteiger partial charge < -0.3 is 11.1 Å². The van der Waals surface area contributed by atoms with Gasteiger partial charge in [-0.15, -0.1) is 11.3 Å². The summed E-state index contributed by atoms with van der Waals surface area (Å²) in [5, 5.41) is 4.04. The van der Waals surface area contributed by atoms with E-state index in [2.05, 4.69) is 41.5 Å². The Morgan fingerprint density at radius 3 is 2.44 bits per heavy atom. The first kappa shape index (κ1) is 19.3. The van der Waals surface area contributed by atoms with E-state index >= 15 is 0 Å². The Kier molecular flexibility index (Phi) is 6.04. The van der Waals surface area contributed by atoms with E-state index in [9.17, 15) is 4.79 Å². The largest absolute Gasteiger partial charge is 0.349 e. The summed E-state index contributed by atoms with van der Waals surface area (Å²) < 4.78 is 0. The molecule has 0 aliphatic carbocycles. The van der Waals surface area contributed by atoms with Crippen molar-refractivity contribution in [3.8, 4) is 10.6 Å². The minimum Gasteiger partial charge on any atom is -0.349 e. The van der Waals surface area contributed by atoms with Crippen LogP contribution in [-0.4, -0.2) is 10.9 Å². The quantitative estimate of drug-likeness (QED) is 0.652. The summed E-state index contributed by atoms with van der Waals surface area (Å²) in [5.41, 5.74) is 10.4. The van der Waals surface area contributed by atoms with Crippen molar-refractivity contribution < 1.29 is 4.79 Å². The molecule has 1 amide bonds. The average molecular weight is 380 g/mol. The molecule has 0 aliphatic rings. The van der Waals surface area contributed by atoms with E-state index in [0.29, 0.717) is 0 Å². The number of carbonyl (C=O) groups excluding carboxylic acids is 1. The van der Waals surface area contributed by atoms with Gasteiger partial charge in [0, 0.05) is 18.0 Å². The number of nitrogens with two attached hydrogens (primary N) is 1. The lowest BCUT2D eigenvalue weighted by Gasteiger charge is -2.16. The number of hydrogen-bond acceptors (Lipinski definition) is 4. The molecular weight excluding hydrogens is 354 g/mol. The third-order valence-electron chi connectivity index (χ3n) is 4.53. The molecule has 0 saturated heterocycles. The highest BCUT2D eigenvalue weighted by molar-refractivity contribution is 7.15. The highest BCUT2D eigenvalue weighted by atomic mass is 32.1. The van der Waals surface area contributed by atoms with E-state index in [-0.39, 0.29) is 24.4 Å². The first-order chi connectivity index (χ1) is 12.9. The monoisotopic (exact) mass is 379 g/mol. The summed E-state index contributed by atoms with van der Waals surface area (Å²) in [6.07, 6.45) is 0.261. The second-order valence-corrected chi connectivity index (χ2v) is 7.88. The topological polar surface area (TPSA) is 68.0 Å². The van der Waals surface area contributed by atoms with E-state index in [1.54, 1.807) is 11.3 Å². The number of nitrogens with zero attached hydrogens (tertiary/aromatic N) is 1. The lowest BCUT2D eigenvalue weighted by atomic mass is 10.0. The van der Waals surface area contributed by atoms with Crippen LogP contribution in [0.25, 0.3) is 10.6 Å². The smallest absolute Gasteiger partial charge is 0.222 e. The highest BCUT2D eigenvalue weighted by Crippen LogP contribution is 2.32. The molecule has 0 bridgehead atoms. The van der Waals surface area contributed by atoms with Gasteiger partial charge in [-0.25, -0.2) is 4.98 Å². The number of nitrogens with one attached hydrogen (secondary N) is 1. The normalized spacial score (nSPS) is 13.2. The molecule has 5 heteroatoms. The van der Waals surface area contributed by atoms with Crippen LogP contribution in [0, 0.1) is 13.8 Å². The molecule has 0 radical (unpaired) electrons. The van der Waals surface area contributed by atoms with E-state index in [4.69, 9.17) is 5.73 Å². The van der Waals surface area contributed by atoms with Crippen molar-refractivity contribution in [1.82, 2.24) is 10.3 Å². The molecule has 3 aromatic rings. The van der Waals surface area contributed by atoms with Crippen LogP contribution in [0.5, 0.6) is 0 Å². The number of benzene rings is 2. The zero-order valence-corrected chi connectivity index (χ0v) is 16.7. The second-order valence-electron chi connectivity index (χ2n) is 6.85. The zero-order chi connectivity index (χ0) is 19.4. The predicted octanol–water partition coefficient (Wildman–Crippen LogP) is 4.69. The Hall–Kier alpha value is -2.50. The molecule has 27 heavy (non-hydrogen) atoms. The molecule has 1 heterocycles. The summed E-state index contributed by atoms with van der Waals surface area (Å²) in [6, 6.07) is 17.6. The Morgan fingerprint density at radius 2 is 1.78 bits per heavy atom. The maximum absolute atomic E-state index is 12.4. The van der Waals surface area contributed by atoms with E-state index in [1.807, 2.05) is 44.2 Å². The summed E-state index contributed by atoms with van der Waals surface area (Å²) in [5.74, 6) is -0.0523. The van der Waals surface area contributed by atoms with Crippen LogP contribution in [0.3, 0.4) is 0 Å². The van der Waals surface area contributed by atoms with Crippen LogP contribution in [0.15, 0.2) is 54.6 Å². The van der Waals surface area contributed by atoms with Crippen molar-refractivity contribution in [2.75, 3.05) is 0 Å². The van der Waals surface area contributed by atoms with Crippen molar-refractivity contribution in [3.05, 3.63) is 76.3 Å². The third-order valence-corrected chi connectivity index (χ3v) is 5.92. The Bertz CT molecular complexity index is 903. The first-order valence-corrected chi connectivity index (χ1v) is 9.90. The van der Waals surface area contributed by atoms with Gasteiger partial charge in [0.25, 0.3) is 0 Å². The fourth-order valence-corrected chi connectivity index (χ4v) is 4.09. The first-order valence-electron chi connectivity index (χ1n) is 9.08. The van der Waals surface area contributed by atoms with Crippen molar-refractivity contribution in [3.63, 3.8) is 0 Å². The van der Waals surface area contributed by atoms with Gasteiger partial charge in [-0.05, 0) is 26.3 Å². The number of aryl methyl sites for hydroxylation is 2. The van der Waals surface area contributed by atoms with E-state index in [1.165, 1.54) is 5.56 Å². The fourth-order valence-electron chi connectivity index (χ4n) is 3.01. The maximum atomic E-state index is 12.4. The van der Waals surface area contributed by atoms with Gasteiger partial charge in [0.1, 0.15) is 5.01 Å². The standard InChI is InChI=1S/C22H25N3OS/c1-14-9-11-18(12-10-14)22-25-16(3)21(27-22)15(2)24-20(26)13-19(23)17-7-5-4-6-8-17/h4-12,15,19H,13,23H2,1-3H3,(H,24,26). The average Bonchev–Trinajstić information content (AvgIpc) is 3.04. The number of carbonyl (C=O) groups is 1. The van der Waals surface area contributed by atoms with Crippen LogP contribution in [-0.2, 0) is 4.79 Å². The van der Waals surface area contributed by atoms with Crippen molar-refractivity contribution in [2.45, 2.75) is 39.3 Å². The minimum absolute atomic E-state index is 0.0523. The van der Waals surface area contributed by atoms with Gasteiger partial charge in [-0.2, -0.15) is 0 Å². The predicted molar refractivity (Wildman–Crippen MR) is 112 cm³/mol. The number of hydrogen-bond donors (Lipinski definition) is 2. The molecular formula is C22H25N3OS. The minimum atomic E-state index is -0.302. The van der Waals surface area contributed by atoms with Gasteiger partial charge in [-0.3, -0.25) is 4.79 Å². The molecule has 140 valence electrons. The summed E-state index contributed by atoms with van der Waals surface area (Å²) in [6.45, 7) is 6.05. The molecule has 2 aromatic carbocycles. The van der Waals surface area contributed by atoms with Crippen molar-refractivity contribution in [1.29, 1.82) is 0 Å². The summed E-state index contributed by atoms with van der Waals surface area (Å²) >= 11 is 1.63. The lowest BCUT2D eigenvalue weighted by Crippen LogP contribution is -2.29. The second kappa shape index (κ2) is 8.46. The van der Waals surface area contributed by atoms with E-state index in [0.717, 1.165) is 26.7 Å². The van der Waals surface area contributed by atoms with Crippen molar-refractivity contribution >= 4 is 17.2 Å². The Morgan fingerprint density at radius 1 is 1.11 bits per heavy atom. The van der Waals surface area contributed by atoms with Crippen LogP contribution in [0.4, 0.5) is 0 Å². The molecule has 0 spiro atoms. The number of aromatic nitrogens is 1. The number of amides is 1. The van der Waals surface area contributed by atoms with Crippen LogP contribution in [0.1, 0.15) is 47.1 Å². The molecule has 0 fully saturated rings. The molecule has 0 saturated carbocycles. The summed E-state index contributed by atoms with van der Waals surface area (Å²) in [4.78, 5) is 18.2. The number of rotatable bonds is 6. The molecule has 3 N–H and O–H groups in total. The van der Waals surface area contributed by atoms with Crippen LogP contribution in [0.2, 0.25) is 0 Å². The van der Waals surface area contributed by atoms with Crippen LogP contribution < -0.4 is 11.1 Å². The van der Waals surface area contributed by atoms with Crippen molar-refractivity contribution in [2.24, 2.45) is 5.73 Å². The molecule has 4 nitrogen and oxygen atoms in total. The lowest BCUT2D eigenvalue weighted by molar-refractivity contribution is -0.122. The highest BCUT2D eigenvalue weighted by Gasteiger charge is 2.19. The Labute approximate surface area is 164 Å². The Balaban J connectivity index is 1.66. The molecule has 1 aromatic heterocycles. The van der Waals surface area contributed by atoms with Gasteiger partial charge in [0.15, 0.2) is 0 Å². The summed E-state index contributed by atoms with van der Waals surface area (Å²) in [7, 11) is 0. The molecule has 0 aliphatic heterocycles.